The normalized spacial score (nSPS) is 17.0. The number of piperidine rings is 1. The minimum Gasteiger partial charge on any atom is -0.454 e. The van der Waals surface area contributed by atoms with E-state index >= 15 is 0 Å². The van der Waals surface area contributed by atoms with Crippen molar-refractivity contribution in [2.75, 3.05) is 26.4 Å². The van der Waals surface area contributed by atoms with Crippen molar-refractivity contribution in [2.45, 2.75) is 25.3 Å². The van der Waals surface area contributed by atoms with E-state index < -0.39 is 0 Å². The number of nitrogens with zero attached hydrogens (tertiary/aromatic N) is 2. The zero-order valence-electron chi connectivity index (χ0n) is 16.1. The van der Waals surface area contributed by atoms with Gasteiger partial charge in [-0.15, -0.1) is 0 Å². The summed E-state index contributed by atoms with van der Waals surface area (Å²) >= 11 is 0. The SMILES string of the molecule is O=C(CN1CCC(c2nc3ccccc3o2)CC1)NCc1ccc2c(c1)OCO2. The highest BCUT2D eigenvalue weighted by Crippen LogP contribution is 2.32. The maximum Gasteiger partial charge on any atom is 0.234 e. The Hall–Kier alpha value is -3.06. The molecular formula is C22H23N3O4. The minimum atomic E-state index is 0.0305. The van der Waals surface area contributed by atoms with E-state index in [1.807, 2.05) is 42.5 Å². The lowest BCUT2D eigenvalue weighted by atomic mass is 9.97. The molecule has 0 bridgehead atoms. The van der Waals surface area contributed by atoms with Gasteiger partial charge in [0.25, 0.3) is 0 Å². The molecule has 7 nitrogen and oxygen atoms in total. The lowest BCUT2D eigenvalue weighted by Crippen LogP contribution is -2.41. The Morgan fingerprint density at radius 2 is 1.93 bits per heavy atom. The number of oxazole rings is 1. The average Bonchev–Trinajstić information content (AvgIpc) is 3.39. The molecule has 1 aromatic heterocycles. The van der Waals surface area contributed by atoms with Crippen molar-refractivity contribution in [3.63, 3.8) is 0 Å². The molecule has 0 unspecified atom stereocenters. The van der Waals surface area contributed by atoms with Crippen molar-refractivity contribution in [3.8, 4) is 11.5 Å². The van der Waals surface area contributed by atoms with Crippen LogP contribution in [0.4, 0.5) is 0 Å². The van der Waals surface area contributed by atoms with E-state index in [4.69, 9.17) is 13.9 Å². The molecule has 1 amide bonds. The molecule has 0 radical (unpaired) electrons. The highest BCUT2D eigenvalue weighted by atomic mass is 16.7. The van der Waals surface area contributed by atoms with E-state index in [1.165, 1.54) is 0 Å². The number of amides is 1. The fraction of sp³-hybridized carbons (Fsp3) is 0.364. The third-order valence-electron chi connectivity index (χ3n) is 5.54. The number of aromatic nitrogens is 1. The lowest BCUT2D eigenvalue weighted by molar-refractivity contribution is -0.122. The molecule has 1 saturated heterocycles. The first-order chi connectivity index (χ1) is 14.2. The second kappa shape index (κ2) is 7.75. The first kappa shape index (κ1) is 18.0. The number of benzene rings is 2. The summed E-state index contributed by atoms with van der Waals surface area (Å²) in [6.45, 7) is 2.87. The molecule has 0 aliphatic carbocycles. The van der Waals surface area contributed by atoms with Gasteiger partial charge in [-0.1, -0.05) is 18.2 Å². The molecule has 3 aromatic rings. The van der Waals surface area contributed by atoms with Gasteiger partial charge in [-0.25, -0.2) is 4.98 Å². The van der Waals surface area contributed by atoms with Crippen molar-refractivity contribution in [1.29, 1.82) is 0 Å². The zero-order valence-corrected chi connectivity index (χ0v) is 16.1. The van der Waals surface area contributed by atoms with Crippen LogP contribution in [0, 0.1) is 0 Å². The van der Waals surface area contributed by atoms with E-state index in [1.54, 1.807) is 0 Å². The summed E-state index contributed by atoms with van der Waals surface area (Å²) in [6.07, 6.45) is 1.89. The van der Waals surface area contributed by atoms with Gasteiger partial charge in [0.05, 0.1) is 6.54 Å². The summed E-state index contributed by atoms with van der Waals surface area (Å²) < 4.78 is 16.6. The fourth-order valence-corrected chi connectivity index (χ4v) is 3.91. The van der Waals surface area contributed by atoms with Crippen molar-refractivity contribution in [2.24, 2.45) is 0 Å². The van der Waals surface area contributed by atoms with Crippen LogP contribution in [-0.4, -0.2) is 42.2 Å². The van der Waals surface area contributed by atoms with Crippen LogP contribution in [0.2, 0.25) is 0 Å². The molecule has 2 aliphatic rings. The predicted molar refractivity (Wildman–Crippen MR) is 107 cm³/mol. The molecule has 0 spiro atoms. The molecule has 0 saturated carbocycles. The Balaban J connectivity index is 1.10. The van der Waals surface area contributed by atoms with Gasteiger partial charge in [-0.2, -0.15) is 0 Å². The molecule has 7 heteroatoms. The molecule has 1 N–H and O–H groups in total. The van der Waals surface area contributed by atoms with Gasteiger partial charge in [-0.3, -0.25) is 9.69 Å². The second-order valence-electron chi connectivity index (χ2n) is 7.53. The molecule has 2 aromatic carbocycles. The standard InChI is InChI=1S/C22H23N3O4/c26-21(23-12-15-5-6-19-20(11-15)28-14-27-19)13-25-9-7-16(8-10-25)22-24-17-3-1-2-4-18(17)29-22/h1-6,11,16H,7-10,12-14H2,(H,23,26). The second-order valence-corrected chi connectivity index (χ2v) is 7.53. The van der Waals surface area contributed by atoms with Gasteiger partial charge in [0.15, 0.2) is 23.0 Å². The number of carbonyl (C=O) groups excluding carboxylic acids is 1. The molecule has 5 rings (SSSR count). The van der Waals surface area contributed by atoms with Gasteiger partial charge in [0.2, 0.25) is 12.7 Å². The largest absolute Gasteiger partial charge is 0.454 e. The maximum atomic E-state index is 12.3. The van der Waals surface area contributed by atoms with Crippen LogP contribution in [0.25, 0.3) is 11.1 Å². The summed E-state index contributed by atoms with van der Waals surface area (Å²) in [5, 5.41) is 2.99. The van der Waals surface area contributed by atoms with Crippen LogP contribution in [0.1, 0.15) is 30.2 Å². The van der Waals surface area contributed by atoms with Crippen LogP contribution in [0.3, 0.4) is 0 Å². The molecule has 0 atom stereocenters. The van der Waals surface area contributed by atoms with E-state index in [0.717, 1.165) is 60.0 Å². The predicted octanol–water partition coefficient (Wildman–Crippen LogP) is 3.05. The van der Waals surface area contributed by atoms with Gasteiger partial charge < -0.3 is 19.2 Å². The summed E-state index contributed by atoms with van der Waals surface area (Å²) in [7, 11) is 0. The van der Waals surface area contributed by atoms with Crippen LogP contribution >= 0.6 is 0 Å². The Morgan fingerprint density at radius 1 is 1.10 bits per heavy atom. The number of para-hydroxylation sites is 2. The van der Waals surface area contributed by atoms with Crippen LogP contribution < -0.4 is 14.8 Å². The number of carbonyl (C=O) groups is 1. The molecular weight excluding hydrogens is 370 g/mol. The number of hydrogen-bond acceptors (Lipinski definition) is 6. The Bertz CT molecular complexity index is 991. The maximum absolute atomic E-state index is 12.3. The first-order valence-corrected chi connectivity index (χ1v) is 9.98. The Labute approximate surface area is 168 Å². The van der Waals surface area contributed by atoms with Gasteiger partial charge in [0, 0.05) is 12.5 Å². The average molecular weight is 393 g/mol. The smallest absolute Gasteiger partial charge is 0.234 e. The molecule has 3 heterocycles. The monoisotopic (exact) mass is 393 g/mol. The van der Waals surface area contributed by atoms with E-state index in [-0.39, 0.29) is 12.7 Å². The van der Waals surface area contributed by atoms with Crippen molar-refractivity contribution in [1.82, 2.24) is 15.2 Å². The first-order valence-electron chi connectivity index (χ1n) is 9.98. The topological polar surface area (TPSA) is 76.8 Å². The third-order valence-corrected chi connectivity index (χ3v) is 5.54. The molecule has 2 aliphatic heterocycles. The highest BCUT2D eigenvalue weighted by Gasteiger charge is 2.25. The number of ether oxygens (including phenoxy) is 2. The van der Waals surface area contributed by atoms with Crippen LogP contribution in [0.15, 0.2) is 46.9 Å². The number of nitrogens with one attached hydrogen (secondary N) is 1. The van der Waals surface area contributed by atoms with Crippen molar-refractivity contribution < 1.29 is 18.7 Å². The van der Waals surface area contributed by atoms with Gasteiger partial charge >= 0.3 is 0 Å². The number of likely N-dealkylation sites (tertiary alicyclic amines) is 1. The van der Waals surface area contributed by atoms with E-state index in [0.29, 0.717) is 19.0 Å². The van der Waals surface area contributed by atoms with Crippen LogP contribution in [-0.2, 0) is 11.3 Å². The molecule has 1 fully saturated rings. The molecule has 150 valence electrons. The highest BCUT2D eigenvalue weighted by molar-refractivity contribution is 5.78. The molecule has 29 heavy (non-hydrogen) atoms. The summed E-state index contributed by atoms with van der Waals surface area (Å²) in [5.74, 6) is 2.65. The summed E-state index contributed by atoms with van der Waals surface area (Å²) in [4.78, 5) is 19.2. The van der Waals surface area contributed by atoms with E-state index in [2.05, 4.69) is 15.2 Å². The fourth-order valence-electron chi connectivity index (χ4n) is 3.91. The van der Waals surface area contributed by atoms with E-state index in [9.17, 15) is 4.79 Å². The third kappa shape index (κ3) is 3.91. The van der Waals surface area contributed by atoms with Gasteiger partial charge in [0.1, 0.15) is 5.52 Å². The van der Waals surface area contributed by atoms with Crippen molar-refractivity contribution >= 4 is 17.0 Å². The quantitative estimate of drug-likeness (QED) is 0.718. The van der Waals surface area contributed by atoms with Crippen molar-refractivity contribution in [3.05, 3.63) is 53.9 Å². The number of rotatable bonds is 5. The lowest BCUT2D eigenvalue weighted by Gasteiger charge is -2.29. The summed E-state index contributed by atoms with van der Waals surface area (Å²) in [6, 6.07) is 13.6. The zero-order chi connectivity index (χ0) is 19.6. The Kier molecular flexibility index (Phi) is 4.81. The Morgan fingerprint density at radius 3 is 2.79 bits per heavy atom. The van der Waals surface area contributed by atoms with Crippen LogP contribution in [0.5, 0.6) is 11.5 Å². The minimum absolute atomic E-state index is 0.0305. The number of fused-ring (bicyclic) bond motifs is 2. The van der Waals surface area contributed by atoms with Gasteiger partial charge in [-0.05, 0) is 55.8 Å². The summed E-state index contributed by atoms with van der Waals surface area (Å²) in [5.41, 5.74) is 2.75. The number of hydrogen-bond donors (Lipinski definition) is 1.